The summed E-state index contributed by atoms with van der Waals surface area (Å²) in [6.07, 6.45) is 5.40. The van der Waals surface area contributed by atoms with Crippen LogP contribution in [-0.4, -0.2) is 0 Å². The Morgan fingerprint density at radius 3 is 1.86 bits per heavy atom. The molecule has 0 bridgehead atoms. The van der Waals surface area contributed by atoms with Gasteiger partial charge < -0.3 is 4.74 Å². The van der Waals surface area contributed by atoms with E-state index in [0.29, 0.717) is 0 Å². The molecule has 2 aromatic carbocycles. The summed E-state index contributed by atoms with van der Waals surface area (Å²) in [5.41, 5.74) is 2.72. The van der Waals surface area contributed by atoms with Crippen LogP contribution in [0.15, 0.2) is 48.5 Å². The van der Waals surface area contributed by atoms with E-state index >= 15 is 0 Å². The van der Waals surface area contributed by atoms with Gasteiger partial charge in [-0.05, 0) is 61.4 Å². The number of rotatable bonds is 3. The molecule has 0 atom stereocenters. The normalized spacial score (nSPS) is 22.0. The van der Waals surface area contributed by atoms with E-state index in [4.69, 9.17) is 4.74 Å². The number of hydrogen-bond acceptors (Lipinski definition) is 1. The van der Waals surface area contributed by atoms with Crippen LogP contribution in [0.1, 0.15) is 49.7 Å². The van der Waals surface area contributed by atoms with Crippen LogP contribution in [0.25, 0.3) is 0 Å². The zero-order chi connectivity index (χ0) is 14.7. The van der Waals surface area contributed by atoms with Crippen molar-refractivity contribution in [2.45, 2.75) is 45.4 Å². The molecule has 1 aliphatic carbocycles. The van der Waals surface area contributed by atoms with Crippen molar-refractivity contribution in [3.8, 4) is 11.5 Å². The summed E-state index contributed by atoms with van der Waals surface area (Å²) in [5, 5.41) is 0. The second-order valence-corrected chi connectivity index (χ2v) is 6.44. The summed E-state index contributed by atoms with van der Waals surface area (Å²) in [4.78, 5) is 0. The van der Waals surface area contributed by atoms with Gasteiger partial charge in [0.25, 0.3) is 0 Å². The minimum absolute atomic E-state index is 0.745. The molecular formula is C20H24O. The molecule has 0 unspecified atom stereocenters. The Morgan fingerprint density at radius 2 is 1.29 bits per heavy atom. The molecule has 0 spiro atoms. The average Bonchev–Trinajstić information content (AvgIpc) is 2.51. The monoisotopic (exact) mass is 280 g/mol. The van der Waals surface area contributed by atoms with Crippen molar-refractivity contribution in [2.24, 2.45) is 5.92 Å². The third-order valence-electron chi connectivity index (χ3n) is 4.62. The molecule has 1 aliphatic rings. The van der Waals surface area contributed by atoms with Gasteiger partial charge in [0.15, 0.2) is 0 Å². The predicted molar refractivity (Wildman–Crippen MR) is 88.1 cm³/mol. The highest BCUT2D eigenvalue weighted by atomic mass is 16.5. The van der Waals surface area contributed by atoms with Crippen LogP contribution in [0, 0.1) is 12.8 Å². The Kier molecular flexibility index (Phi) is 4.28. The molecule has 0 saturated heterocycles. The Balaban J connectivity index is 1.65. The van der Waals surface area contributed by atoms with Crippen LogP contribution < -0.4 is 4.74 Å². The number of aryl methyl sites for hydroxylation is 1. The van der Waals surface area contributed by atoms with Crippen LogP contribution in [0.2, 0.25) is 0 Å². The molecule has 1 saturated carbocycles. The Labute approximate surface area is 128 Å². The molecule has 1 heteroatoms. The second kappa shape index (κ2) is 6.34. The van der Waals surface area contributed by atoms with Crippen LogP contribution >= 0.6 is 0 Å². The van der Waals surface area contributed by atoms with Gasteiger partial charge in [-0.25, -0.2) is 0 Å². The molecule has 0 aliphatic heterocycles. The van der Waals surface area contributed by atoms with E-state index in [9.17, 15) is 0 Å². The topological polar surface area (TPSA) is 9.23 Å². The minimum atomic E-state index is 0.745. The molecule has 3 rings (SSSR count). The SMILES string of the molecule is Cc1ccc(Oc2ccc(C3CCC(C)CC3)cc2)cc1. The number of benzene rings is 2. The van der Waals surface area contributed by atoms with Crippen LogP contribution in [0.5, 0.6) is 11.5 Å². The molecule has 1 fully saturated rings. The summed E-state index contributed by atoms with van der Waals surface area (Å²) in [5.74, 6) is 3.48. The Bertz CT molecular complexity index is 560. The standard InChI is InChI=1S/C20H24O/c1-15-3-7-17(8-4-15)18-9-13-20(14-10-18)21-19-11-5-16(2)6-12-19/h5-6,9-15,17H,3-4,7-8H2,1-2H3. The summed E-state index contributed by atoms with van der Waals surface area (Å²) in [6.45, 7) is 4.46. The van der Waals surface area contributed by atoms with Gasteiger partial charge in [0, 0.05) is 0 Å². The fraction of sp³-hybridized carbons (Fsp3) is 0.400. The van der Waals surface area contributed by atoms with Crippen molar-refractivity contribution in [1.29, 1.82) is 0 Å². The van der Waals surface area contributed by atoms with Gasteiger partial charge in [0.05, 0.1) is 0 Å². The molecule has 110 valence electrons. The third kappa shape index (κ3) is 3.66. The van der Waals surface area contributed by atoms with E-state index in [1.165, 1.54) is 36.8 Å². The molecule has 0 radical (unpaired) electrons. The lowest BCUT2D eigenvalue weighted by Crippen LogP contribution is -2.10. The molecular weight excluding hydrogens is 256 g/mol. The van der Waals surface area contributed by atoms with Gasteiger partial charge in [-0.3, -0.25) is 0 Å². The first-order valence-corrected chi connectivity index (χ1v) is 8.05. The molecule has 0 N–H and O–H groups in total. The van der Waals surface area contributed by atoms with Gasteiger partial charge in [-0.15, -0.1) is 0 Å². The summed E-state index contributed by atoms with van der Waals surface area (Å²) in [6, 6.07) is 16.9. The van der Waals surface area contributed by atoms with Crippen molar-refractivity contribution >= 4 is 0 Å². The first-order valence-electron chi connectivity index (χ1n) is 8.05. The van der Waals surface area contributed by atoms with Gasteiger partial charge >= 0.3 is 0 Å². The van der Waals surface area contributed by atoms with E-state index in [-0.39, 0.29) is 0 Å². The summed E-state index contributed by atoms with van der Waals surface area (Å²) < 4.78 is 5.89. The van der Waals surface area contributed by atoms with Crippen molar-refractivity contribution in [2.75, 3.05) is 0 Å². The van der Waals surface area contributed by atoms with E-state index in [2.05, 4.69) is 50.2 Å². The van der Waals surface area contributed by atoms with Crippen LogP contribution in [-0.2, 0) is 0 Å². The molecule has 0 heterocycles. The highest BCUT2D eigenvalue weighted by Crippen LogP contribution is 2.36. The Morgan fingerprint density at radius 1 is 0.762 bits per heavy atom. The van der Waals surface area contributed by atoms with Crippen molar-refractivity contribution < 1.29 is 4.74 Å². The molecule has 0 aromatic heterocycles. The fourth-order valence-corrected chi connectivity index (χ4v) is 3.14. The smallest absolute Gasteiger partial charge is 0.127 e. The molecule has 0 amide bonds. The van der Waals surface area contributed by atoms with Crippen LogP contribution in [0.4, 0.5) is 0 Å². The largest absolute Gasteiger partial charge is 0.457 e. The van der Waals surface area contributed by atoms with Crippen molar-refractivity contribution in [3.63, 3.8) is 0 Å². The summed E-state index contributed by atoms with van der Waals surface area (Å²) in [7, 11) is 0. The lowest BCUT2D eigenvalue weighted by molar-refractivity contribution is 0.348. The maximum absolute atomic E-state index is 5.89. The van der Waals surface area contributed by atoms with Gasteiger partial charge in [0.2, 0.25) is 0 Å². The number of hydrogen-bond donors (Lipinski definition) is 0. The lowest BCUT2D eigenvalue weighted by atomic mass is 9.79. The molecule has 1 nitrogen and oxygen atoms in total. The Hall–Kier alpha value is -1.76. The fourth-order valence-electron chi connectivity index (χ4n) is 3.14. The third-order valence-corrected chi connectivity index (χ3v) is 4.62. The van der Waals surface area contributed by atoms with Gasteiger partial charge in [-0.1, -0.05) is 49.6 Å². The van der Waals surface area contributed by atoms with E-state index in [0.717, 1.165) is 23.3 Å². The first-order chi connectivity index (χ1) is 10.2. The highest BCUT2D eigenvalue weighted by Gasteiger charge is 2.19. The summed E-state index contributed by atoms with van der Waals surface area (Å²) >= 11 is 0. The quantitative estimate of drug-likeness (QED) is 0.662. The molecule has 21 heavy (non-hydrogen) atoms. The zero-order valence-electron chi connectivity index (χ0n) is 13.0. The second-order valence-electron chi connectivity index (χ2n) is 6.44. The van der Waals surface area contributed by atoms with E-state index in [1.54, 1.807) is 0 Å². The van der Waals surface area contributed by atoms with E-state index in [1.807, 2.05) is 12.1 Å². The van der Waals surface area contributed by atoms with Gasteiger partial charge in [0.1, 0.15) is 11.5 Å². The minimum Gasteiger partial charge on any atom is -0.457 e. The van der Waals surface area contributed by atoms with E-state index < -0.39 is 0 Å². The van der Waals surface area contributed by atoms with Crippen LogP contribution in [0.3, 0.4) is 0 Å². The van der Waals surface area contributed by atoms with Crippen molar-refractivity contribution in [1.82, 2.24) is 0 Å². The lowest BCUT2D eigenvalue weighted by Gasteiger charge is -2.26. The predicted octanol–water partition coefficient (Wildman–Crippen LogP) is 6.08. The van der Waals surface area contributed by atoms with Gasteiger partial charge in [-0.2, -0.15) is 0 Å². The maximum atomic E-state index is 5.89. The number of ether oxygens (including phenoxy) is 1. The first kappa shape index (κ1) is 14.2. The zero-order valence-corrected chi connectivity index (χ0v) is 13.0. The maximum Gasteiger partial charge on any atom is 0.127 e. The molecule has 2 aromatic rings. The average molecular weight is 280 g/mol. The van der Waals surface area contributed by atoms with Crippen molar-refractivity contribution in [3.05, 3.63) is 59.7 Å². The highest BCUT2D eigenvalue weighted by molar-refractivity contribution is 5.35.